The molecule has 27 heavy (non-hydrogen) atoms. The van der Waals surface area contributed by atoms with E-state index in [0.717, 1.165) is 24.3 Å². The van der Waals surface area contributed by atoms with Crippen LogP contribution >= 0.6 is 0 Å². The van der Waals surface area contributed by atoms with Crippen molar-refractivity contribution in [3.05, 3.63) is 48.4 Å². The standard InChI is InChI=1S/C22H29N5/c1-17-6-7-20-19(5-4-9-23-20)21(17)22-24-10-12-27(22)11-8-18(2)26-15-13-25(3)14-16-26/h4-7,9-10,12,18H,8,11,13-16H2,1-3H3. The van der Waals surface area contributed by atoms with E-state index in [1.807, 2.05) is 18.5 Å². The molecule has 3 heterocycles. The number of pyridine rings is 1. The normalized spacial score (nSPS) is 17.4. The lowest BCUT2D eigenvalue weighted by Crippen LogP contribution is -2.48. The van der Waals surface area contributed by atoms with E-state index in [-0.39, 0.29) is 0 Å². The van der Waals surface area contributed by atoms with Crippen LogP contribution in [0.5, 0.6) is 0 Å². The van der Waals surface area contributed by atoms with E-state index in [4.69, 9.17) is 4.98 Å². The molecule has 0 amide bonds. The van der Waals surface area contributed by atoms with E-state index < -0.39 is 0 Å². The Hall–Kier alpha value is -2.24. The van der Waals surface area contributed by atoms with Crippen molar-refractivity contribution in [2.45, 2.75) is 32.9 Å². The van der Waals surface area contributed by atoms with Gasteiger partial charge in [0.05, 0.1) is 5.52 Å². The van der Waals surface area contributed by atoms with Crippen molar-refractivity contribution >= 4 is 10.9 Å². The van der Waals surface area contributed by atoms with Gasteiger partial charge in [0.1, 0.15) is 5.82 Å². The molecule has 5 nitrogen and oxygen atoms in total. The summed E-state index contributed by atoms with van der Waals surface area (Å²) in [6, 6.07) is 8.99. The first-order valence-corrected chi connectivity index (χ1v) is 9.92. The zero-order valence-electron chi connectivity index (χ0n) is 16.6. The molecule has 0 aliphatic carbocycles. The van der Waals surface area contributed by atoms with Crippen LogP contribution in [0.4, 0.5) is 0 Å². The number of hydrogen-bond acceptors (Lipinski definition) is 4. The van der Waals surface area contributed by atoms with Gasteiger partial charge < -0.3 is 9.47 Å². The van der Waals surface area contributed by atoms with Crippen LogP contribution in [0.15, 0.2) is 42.9 Å². The van der Waals surface area contributed by atoms with Crippen molar-refractivity contribution < 1.29 is 0 Å². The second kappa shape index (κ2) is 7.79. The van der Waals surface area contributed by atoms with Crippen molar-refractivity contribution in [3.63, 3.8) is 0 Å². The van der Waals surface area contributed by atoms with Crippen LogP contribution in [0.1, 0.15) is 18.9 Å². The first-order valence-electron chi connectivity index (χ1n) is 9.92. The van der Waals surface area contributed by atoms with Gasteiger partial charge in [-0.05, 0) is 45.0 Å². The summed E-state index contributed by atoms with van der Waals surface area (Å²) in [5.41, 5.74) is 3.48. The smallest absolute Gasteiger partial charge is 0.140 e. The van der Waals surface area contributed by atoms with Gasteiger partial charge >= 0.3 is 0 Å². The molecule has 0 bridgehead atoms. The molecular formula is C22H29N5. The van der Waals surface area contributed by atoms with Crippen molar-refractivity contribution in [2.75, 3.05) is 33.2 Å². The minimum absolute atomic E-state index is 0.587. The molecule has 142 valence electrons. The third-order valence-corrected chi connectivity index (χ3v) is 5.88. The maximum atomic E-state index is 4.71. The fourth-order valence-electron chi connectivity index (χ4n) is 4.05. The summed E-state index contributed by atoms with van der Waals surface area (Å²) in [6.45, 7) is 10.2. The lowest BCUT2D eigenvalue weighted by atomic mass is 10.0. The Morgan fingerprint density at radius 1 is 1.04 bits per heavy atom. The lowest BCUT2D eigenvalue weighted by Gasteiger charge is -2.36. The quantitative estimate of drug-likeness (QED) is 0.696. The van der Waals surface area contributed by atoms with Gasteiger partial charge in [0.15, 0.2) is 0 Å². The summed E-state index contributed by atoms with van der Waals surface area (Å²) < 4.78 is 2.31. The van der Waals surface area contributed by atoms with Gasteiger partial charge in [0.2, 0.25) is 0 Å². The van der Waals surface area contributed by atoms with E-state index >= 15 is 0 Å². The number of imidazole rings is 1. The molecule has 1 aliphatic heterocycles. The number of piperazine rings is 1. The van der Waals surface area contributed by atoms with Gasteiger partial charge in [-0.25, -0.2) is 4.98 Å². The molecule has 0 saturated carbocycles. The Morgan fingerprint density at radius 3 is 2.67 bits per heavy atom. The maximum absolute atomic E-state index is 4.71. The summed E-state index contributed by atoms with van der Waals surface area (Å²) in [7, 11) is 2.21. The largest absolute Gasteiger partial charge is 0.331 e. The van der Waals surface area contributed by atoms with Gasteiger partial charge in [-0.15, -0.1) is 0 Å². The number of rotatable bonds is 5. The lowest BCUT2D eigenvalue weighted by molar-refractivity contribution is 0.112. The van der Waals surface area contributed by atoms with Gasteiger partial charge in [0, 0.05) is 68.3 Å². The Labute approximate surface area is 161 Å². The Balaban J connectivity index is 1.55. The molecular weight excluding hydrogens is 334 g/mol. The molecule has 1 unspecified atom stereocenters. The fraction of sp³-hybridized carbons (Fsp3) is 0.455. The number of aromatic nitrogens is 3. The molecule has 5 heteroatoms. The highest BCUT2D eigenvalue weighted by Gasteiger charge is 2.20. The molecule has 1 fully saturated rings. The van der Waals surface area contributed by atoms with Crippen LogP contribution < -0.4 is 0 Å². The van der Waals surface area contributed by atoms with Crippen LogP contribution in [0, 0.1) is 6.92 Å². The third-order valence-electron chi connectivity index (χ3n) is 5.88. The van der Waals surface area contributed by atoms with Gasteiger partial charge in [0.25, 0.3) is 0 Å². The second-order valence-electron chi connectivity index (χ2n) is 7.75. The van der Waals surface area contributed by atoms with Crippen molar-refractivity contribution in [3.8, 4) is 11.4 Å². The van der Waals surface area contributed by atoms with Gasteiger partial charge in [-0.3, -0.25) is 9.88 Å². The predicted octanol–water partition coefficient (Wildman–Crippen LogP) is 3.43. The van der Waals surface area contributed by atoms with Crippen LogP contribution in [0.3, 0.4) is 0 Å². The van der Waals surface area contributed by atoms with Crippen LogP contribution in [0.2, 0.25) is 0 Å². The monoisotopic (exact) mass is 363 g/mol. The summed E-state index contributed by atoms with van der Waals surface area (Å²) in [5.74, 6) is 1.05. The van der Waals surface area contributed by atoms with E-state index in [1.54, 1.807) is 0 Å². The molecule has 0 spiro atoms. The molecule has 1 aliphatic rings. The molecule has 0 radical (unpaired) electrons. The van der Waals surface area contributed by atoms with Gasteiger partial charge in [-0.2, -0.15) is 0 Å². The first kappa shape index (κ1) is 18.1. The van der Waals surface area contributed by atoms with E-state index in [9.17, 15) is 0 Å². The average molecular weight is 364 g/mol. The van der Waals surface area contributed by atoms with Gasteiger partial charge in [-0.1, -0.05) is 12.1 Å². The predicted molar refractivity (Wildman–Crippen MR) is 111 cm³/mol. The summed E-state index contributed by atoms with van der Waals surface area (Å²) in [4.78, 5) is 14.3. The average Bonchev–Trinajstić information content (AvgIpc) is 3.14. The Kier molecular flexibility index (Phi) is 5.23. The van der Waals surface area contributed by atoms with Crippen LogP contribution in [-0.2, 0) is 6.54 Å². The maximum Gasteiger partial charge on any atom is 0.140 e. The zero-order valence-corrected chi connectivity index (χ0v) is 16.6. The highest BCUT2D eigenvalue weighted by Crippen LogP contribution is 2.30. The fourth-order valence-corrected chi connectivity index (χ4v) is 4.05. The topological polar surface area (TPSA) is 37.2 Å². The Morgan fingerprint density at radius 2 is 1.85 bits per heavy atom. The molecule has 4 rings (SSSR count). The molecule has 2 aromatic heterocycles. The molecule has 0 N–H and O–H groups in total. The number of benzene rings is 1. The highest BCUT2D eigenvalue weighted by molar-refractivity contribution is 5.94. The van der Waals surface area contributed by atoms with Crippen LogP contribution in [-0.4, -0.2) is 63.6 Å². The second-order valence-corrected chi connectivity index (χ2v) is 7.75. The van der Waals surface area contributed by atoms with Crippen molar-refractivity contribution in [1.29, 1.82) is 0 Å². The summed E-state index contributed by atoms with van der Waals surface area (Å²) >= 11 is 0. The number of nitrogens with zero attached hydrogens (tertiary/aromatic N) is 5. The molecule has 1 saturated heterocycles. The number of aryl methyl sites for hydroxylation is 2. The van der Waals surface area contributed by atoms with Crippen molar-refractivity contribution in [2.24, 2.45) is 0 Å². The molecule has 3 aromatic rings. The van der Waals surface area contributed by atoms with Crippen LogP contribution in [0.25, 0.3) is 22.3 Å². The first-order chi connectivity index (χ1) is 13.1. The molecule has 1 aromatic carbocycles. The number of hydrogen-bond donors (Lipinski definition) is 0. The number of likely N-dealkylation sites (N-methyl/N-ethyl adjacent to an activating group) is 1. The van der Waals surface area contributed by atoms with E-state index in [1.165, 1.54) is 42.7 Å². The SMILES string of the molecule is Cc1ccc2ncccc2c1-c1nccn1CCC(C)N1CCN(C)CC1. The highest BCUT2D eigenvalue weighted by atomic mass is 15.3. The molecule has 1 atom stereocenters. The Bertz CT molecular complexity index is 908. The minimum Gasteiger partial charge on any atom is -0.331 e. The van der Waals surface area contributed by atoms with E-state index in [0.29, 0.717) is 6.04 Å². The number of fused-ring (bicyclic) bond motifs is 1. The van der Waals surface area contributed by atoms with E-state index in [2.05, 4.69) is 64.6 Å². The minimum atomic E-state index is 0.587. The zero-order chi connectivity index (χ0) is 18.8. The summed E-state index contributed by atoms with van der Waals surface area (Å²) in [6.07, 6.45) is 7.02. The third kappa shape index (κ3) is 3.75. The summed E-state index contributed by atoms with van der Waals surface area (Å²) in [5, 5.41) is 1.18. The van der Waals surface area contributed by atoms with Crippen molar-refractivity contribution in [1.82, 2.24) is 24.3 Å².